The average molecular weight is 201 g/mol. The largest absolute Gasteiger partial charge is 0.342 e. The molecule has 0 saturated carbocycles. The lowest BCUT2D eigenvalue weighted by atomic mass is 10.0. The minimum Gasteiger partial charge on any atom is -0.342 e. The van der Waals surface area contributed by atoms with Crippen LogP contribution in [0.25, 0.3) is 0 Å². The monoisotopic (exact) mass is 201 g/mol. The lowest BCUT2D eigenvalue weighted by molar-refractivity contribution is -0.130. The van der Waals surface area contributed by atoms with E-state index in [1.54, 1.807) is 0 Å². The summed E-state index contributed by atoms with van der Waals surface area (Å²) in [5.74, 6) is 0.963. The van der Waals surface area contributed by atoms with Crippen LogP contribution < -0.4 is 0 Å². The van der Waals surface area contributed by atoms with Gasteiger partial charge >= 0.3 is 0 Å². The Morgan fingerprint density at radius 3 is 2.77 bits per heavy atom. The topological polar surface area (TPSA) is 20.3 Å². The third-order valence-electron chi connectivity index (χ3n) is 2.69. The molecule has 76 valence electrons. The highest BCUT2D eigenvalue weighted by atomic mass is 32.1. The van der Waals surface area contributed by atoms with Crippen molar-refractivity contribution in [2.75, 3.05) is 13.1 Å². The van der Waals surface area contributed by atoms with Crippen LogP contribution in [0.4, 0.5) is 0 Å². The molecule has 0 aliphatic carbocycles. The molecule has 1 saturated heterocycles. The summed E-state index contributed by atoms with van der Waals surface area (Å²) in [5.41, 5.74) is 0. The number of carbonyl (C=O) groups excluding carboxylic acids is 1. The fourth-order valence-electron chi connectivity index (χ4n) is 1.75. The third-order valence-corrected chi connectivity index (χ3v) is 2.91. The zero-order chi connectivity index (χ0) is 9.84. The predicted octanol–water partition coefficient (Wildman–Crippen LogP) is 1.95. The summed E-state index contributed by atoms with van der Waals surface area (Å²) in [6, 6.07) is 0. The van der Waals surface area contributed by atoms with Gasteiger partial charge in [0.15, 0.2) is 0 Å². The van der Waals surface area contributed by atoms with Gasteiger partial charge in [0, 0.05) is 13.1 Å². The van der Waals surface area contributed by atoms with Crippen LogP contribution in [-0.2, 0) is 4.79 Å². The van der Waals surface area contributed by atoms with Crippen molar-refractivity contribution in [3.05, 3.63) is 0 Å². The summed E-state index contributed by atoms with van der Waals surface area (Å²) in [6.07, 6.45) is 3.55. The number of rotatable bonds is 1. The molecule has 0 aromatic rings. The number of likely N-dealkylation sites (tertiary alicyclic amines) is 1. The molecule has 13 heavy (non-hydrogen) atoms. The Bertz CT molecular complexity index is 182. The van der Waals surface area contributed by atoms with E-state index < -0.39 is 0 Å². The maximum atomic E-state index is 11.6. The number of carbonyl (C=O) groups is 1. The van der Waals surface area contributed by atoms with E-state index in [9.17, 15) is 4.79 Å². The molecule has 2 atom stereocenters. The molecule has 0 radical (unpaired) electrons. The van der Waals surface area contributed by atoms with Gasteiger partial charge in [-0.2, -0.15) is 12.6 Å². The summed E-state index contributed by atoms with van der Waals surface area (Å²) in [7, 11) is 0. The van der Waals surface area contributed by atoms with Crippen LogP contribution in [0, 0.1) is 5.92 Å². The van der Waals surface area contributed by atoms with Crippen LogP contribution in [0.1, 0.15) is 33.1 Å². The van der Waals surface area contributed by atoms with Crippen LogP contribution in [0.2, 0.25) is 0 Å². The molecule has 1 amide bonds. The van der Waals surface area contributed by atoms with Crippen molar-refractivity contribution in [1.29, 1.82) is 0 Å². The molecule has 3 heteroatoms. The predicted molar refractivity (Wildman–Crippen MR) is 58.0 cm³/mol. The van der Waals surface area contributed by atoms with Gasteiger partial charge in [0.05, 0.1) is 5.25 Å². The summed E-state index contributed by atoms with van der Waals surface area (Å²) in [6.45, 7) is 5.96. The van der Waals surface area contributed by atoms with Gasteiger partial charge in [0.2, 0.25) is 5.91 Å². The molecular weight excluding hydrogens is 182 g/mol. The Morgan fingerprint density at radius 2 is 2.15 bits per heavy atom. The normalized spacial score (nSPS) is 26.7. The average Bonchev–Trinajstić information content (AvgIpc) is 2.28. The van der Waals surface area contributed by atoms with Crippen molar-refractivity contribution in [1.82, 2.24) is 4.90 Å². The highest BCUT2D eigenvalue weighted by Gasteiger charge is 2.20. The first-order chi connectivity index (χ1) is 6.11. The first kappa shape index (κ1) is 10.9. The molecule has 2 unspecified atom stereocenters. The van der Waals surface area contributed by atoms with E-state index >= 15 is 0 Å². The SMILES string of the molecule is CC1CCCN(C(=O)C(C)S)CC1. The standard InChI is InChI=1S/C10H19NOS/c1-8-4-3-6-11(7-5-8)10(12)9(2)13/h8-9,13H,3-7H2,1-2H3. The van der Waals surface area contributed by atoms with Crippen molar-refractivity contribution < 1.29 is 4.79 Å². The van der Waals surface area contributed by atoms with Crippen LogP contribution in [0.15, 0.2) is 0 Å². The van der Waals surface area contributed by atoms with E-state index in [1.165, 1.54) is 6.42 Å². The van der Waals surface area contributed by atoms with Gasteiger partial charge < -0.3 is 4.90 Å². The molecule has 1 heterocycles. The maximum absolute atomic E-state index is 11.6. The number of nitrogens with zero attached hydrogens (tertiary/aromatic N) is 1. The quantitative estimate of drug-likeness (QED) is 0.643. The molecule has 1 rings (SSSR count). The third kappa shape index (κ3) is 3.22. The Labute approximate surface area is 86.1 Å². The molecule has 0 spiro atoms. The van der Waals surface area contributed by atoms with E-state index in [0.29, 0.717) is 0 Å². The van der Waals surface area contributed by atoms with Crippen LogP contribution in [0.5, 0.6) is 0 Å². The fourth-order valence-corrected chi connectivity index (χ4v) is 1.91. The van der Waals surface area contributed by atoms with Crippen molar-refractivity contribution >= 4 is 18.5 Å². The first-order valence-electron chi connectivity index (χ1n) is 5.08. The Balaban J connectivity index is 2.46. The maximum Gasteiger partial charge on any atom is 0.235 e. The minimum absolute atomic E-state index is 0.145. The summed E-state index contributed by atoms with van der Waals surface area (Å²) in [4.78, 5) is 13.6. The lowest BCUT2D eigenvalue weighted by Crippen LogP contribution is -2.36. The highest BCUT2D eigenvalue weighted by Crippen LogP contribution is 2.17. The van der Waals surface area contributed by atoms with Crippen molar-refractivity contribution in [2.24, 2.45) is 5.92 Å². The van der Waals surface area contributed by atoms with E-state index in [4.69, 9.17) is 0 Å². The molecule has 1 aliphatic rings. The van der Waals surface area contributed by atoms with Crippen LogP contribution >= 0.6 is 12.6 Å². The fraction of sp³-hybridized carbons (Fsp3) is 0.900. The molecule has 0 bridgehead atoms. The number of hydrogen-bond acceptors (Lipinski definition) is 2. The second-order valence-corrected chi connectivity index (χ2v) is 4.81. The molecule has 0 aromatic carbocycles. The zero-order valence-electron chi connectivity index (χ0n) is 8.49. The molecule has 1 fully saturated rings. The van der Waals surface area contributed by atoms with Gasteiger partial charge in [-0.1, -0.05) is 6.92 Å². The van der Waals surface area contributed by atoms with Gasteiger partial charge in [0.25, 0.3) is 0 Å². The Kier molecular flexibility index (Phi) is 4.10. The molecule has 2 nitrogen and oxygen atoms in total. The lowest BCUT2D eigenvalue weighted by Gasteiger charge is -2.21. The van der Waals surface area contributed by atoms with E-state index in [2.05, 4.69) is 19.6 Å². The van der Waals surface area contributed by atoms with Gasteiger partial charge in [-0.15, -0.1) is 0 Å². The van der Waals surface area contributed by atoms with E-state index in [1.807, 2.05) is 11.8 Å². The van der Waals surface area contributed by atoms with Crippen molar-refractivity contribution in [2.45, 2.75) is 38.4 Å². The molecule has 0 aromatic heterocycles. The Morgan fingerprint density at radius 1 is 1.46 bits per heavy atom. The zero-order valence-corrected chi connectivity index (χ0v) is 9.39. The van der Waals surface area contributed by atoms with E-state index in [0.717, 1.165) is 31.8 Å². The van der Waals surface area contributed by atoms with Crippen LogP contribution in [0.3, 0.4) is 0 Å². The van der Waals surface area contributed by atoms with Crippen LogP contribution in [-0.4, -0.2) is 29.1 Å². The second kappa shape index (κ2) is 4.89. The minimum atomic E-state index is -0.145. The van der Waals surface area contributed by atoms with Crippen molar-refractivity contribution in [3.8, 4) is 0 Å². The Hall–Kier alpha value is -0.180. The molecule has 1 aliphatic heterocycles. The van der Waals surface area contributed by atoms with Gasteiger partial charge in [-0.25, -0.2) is 0 Å². The molecule has 0 N–H and O–H groups in total. The van der Waals surface area contributed by atoms with E-state index in [-0.39, 0.29) is 11.2 Å². The summed E-state index contributed by atoms with van der Waals surface area (Å²) < 4.78 is 0. The first-order valence-corrected chi connectivity index (χ1v) is 5.59. The van der Waals surface area contributed by atoms with Gasteiger partial charge in [0.1, 0.15) is 0 Å². The highest BCUT2D eigenvalue weighted by molar-refractivity contribution is 7.81. The van der Waals surface area contributed by atoms with Crippen molar-refractivity contribution in [3.63, 3.8) is 0 Å². The van der Waals surface area contributed by atoms with Gasteiger partial charge in [-0.05, 0) is 32.1 Å². The number of thiol groups is 1. The number of amides is 1. The number of hydrogen-bond donors (Lipinski definition) is 1. The summed E-state index contributed by atoms with van der Waals surface area (Å²) >= 11 is 4.17. The summed E-state index contributed by atoms with van der Waals surface area (Å²) in [5, 5.41) is -0.145. The van der Waals surface area contributed by atoms with Gasteiger partial charge in [-0.3, -0.25) is 4.79 Å². The molecular formula is C10H19NOS. The smallest absolute Gasteiger partial charge is 0.235 e. The second-order valence-electron chi connectivity index (χ2n) is 4.04.